The minimum absolute atomic E-state index is 0.416. The number of hydrogen-bond donors (Lipinski definition) is 1. The van der Waals surface area contributed by atoms with Crippen LogP contribution in [0.2, 0.25) is 5.15 Å². The van der Waals surface area contributed by atoms with E-state index in [0.29, 0.717) is 23.3 Å². The third-order valence-electron chi connectivity index (χ3n) is 2.66. The van der Waals surface area contributed by atoms with Crippen LogP contribution in [0.3, 0.4) is 0 Å². The second kappa shape index (κ2) is 5.98. The molecular weight excluding hydrogens is 292 g/mol. The number of thiazole rings is 1. The van der Waals surface area contributed by atoms with Crippen LogP contribution >= 0.6 is 22.9 Å². The zero-order valence-electron chi connectivity index (χ0n) is 10.5. The van der Waals surface area contributed by atoms with Crippen molar-refractivity contribution in [3.63, 3.8) is 0 Å². The molecule has 100 valence electrons. The van der Waals surface area contributed by atoms with Gasteiger partial charge in [-0.25, -0.2) is 15.0 Å². The molecular formula is C14H11ClN4S. The van der Waals surface area contributed by atoms with Crippen molar-refractivity contribution in [3.8, 4) is 11.4 Å². The average Bonchev–Trinajstić information content (AvgIpc) is 2.99. The van der Waals surface area contributed by atoms with Gasteiger partial charge in [0.25, 0.3) is 0 Å². The number of aromatic nitrogens is 3. The molecule has 2 heterocycles. The second-order valence-corrected chi connectivity index (χ2v) is 5.20. The van der Waals surface area contributed by atoms with Crippen molar-refractivity contribution in [2.45, 2.75) is 6.54 Å². The first kappa shape index (κ1) is 13.0. The molecule has 20 heavy (non-hydrogen) atoms. The molecule has 3 rings (SSSR count). The number of nitrogens with zero attached hydrogens (tertiary/aromatic N) is 3. The van der Waals surface area contributed by atoms with Crippen LogP contribution in [0.1, 0.15) is 5.69 Å². The normalized spacial score (nSPS) is 10.4. The average molecular weight is 303 g/mol. The Morgan fingerprint density at radius 3 is 2.75 bits per heavy atom. The van der Waals surface area contributed by atoms with Gasteiger partial charge in [-0.3, -0.25) is 0 Å². The fraction of sp³-hybridized carbons (Fsp3) is 0.0714. The SMILES string of the molecule is Clc1cc(NCc2cscn2)nc(-c2ccccc2)n1. The van der Waals surface area contributed by atoms with E-state index in [9.17, 15) is 0 Å². The van der Waals surface area contributed by atoms with Crippen LogP contribution in [-0.2, 0) is 6.54 Å². The molecule has 1 N–H and O–H groups in total. The smallest absolute Gasteiger partial charge is 0.163 e. The van der Waals surface area contributed by atoms with E-state index < -0.39 is 0 Å². The largest absolute Gasteiger partial charge is 0.364 e. The molecule has 0 aliphatic heterocycles. The number of hydrogen-bond acceptors (Lipinski definition) is 5. The van der Waals surface area contributed by atoms with E-state index in [2.05, 4.69) is 20.3 Å². The quantitative estimate of drug-likeness (QED) is 0.743. The first-order valence-corrected chi connectivity index (χ1v) is 7.34. The van der Waals surface area contributed by atoms with Crippen LogP contribution in [0, 0.1) is 0 Å². The summed E-state index contributed by atoms with van der Waals surface area (Å²) >= 11 is 7.62. The van der Waals surface area contributed by atoms with Gasteiger partial charge in [0.1, 0.15) is 11.0 Å². The first-order valence-electron chi connectivity index (χ1n) is 6.02. The van der Waals surface area contributed by atoms with E-state index in [0.717, 1.165) is 11.3 Å². The predicted molar refractivity (Wildman–Crippen MR) is 81.9 cm³/mol. The van der Waals surface area contributed by atoms with E-state index in [-0.39, 0.29) is 0 Å². The van der Waals surface area contributed by atoms with Crippen molar-refractivity contribution in [1.82, 2.24) is 15.0 Å². The summed E-state index contributed by atoms with van der Waals surface area (Å²) in [7, 11) is 0. The molecule has 0 fully saturated rings. The lowest BCUT2D eigenvalue weighted by Gasteiger charge is -2.07. The highest BCUT2D eigenvalue weighted by molar-refractivity contribution is 7.07. The molecule has 1 aromatic carbocycles. The summed E-state index contributed by atoms with van der Waals surface area (Å²) in [5.41, 5.74) is 3.72. The van der Waals surface area contributed by atoms with E-state index in [4.69, 9.17) is 11.6 Å². The van der Waals surface area contributed by atoms with Crippen LogP contribution in [0.25, 0.3) is 11.4 Å². The summed E-state index contributed by atoms with van der Waals surface area (Å²) in [5, 5.41) is 5.62. The van der Waals surface area contributed by atoms with Crippen molar-refractivity contribution in [3.05, 3.63) is 58.1 Å². The lowest BCUT2D eigenvalue weighted by Crippen LogP contribution is -2.03. The zero-order valence-corrected chi connectivity index (χ0v) is 12.0. The zero-order chi connectivity index (χ0) is 13.8. The highest BCUT2D eigenvalue weighted by atomic mass is 35.5. The minimum Gasteiger partial charge on any atom is -0.364 e. The molecule has 0 aliphatic carbocycles. The molecule has 0 radical (unpaired) electrons. The predicted octanol–water partition coefficient (Wildman–Crippen LogP) is 3.87. The van der Waals surface area contributed by atoms with E-state index >= 15 is 0 Å². The van der Waals surface area contributed by atoms with Gasteiger partial charge >= 0.3 is 0 Å². The summed E-state index contributed by atoms with van der Waals surface area (Å²) < 4.78 is 0. The van der Waals surface area contributed by atoms with Crippen LogP contribution in [0.5, 0.6) is 0 Å². The summed E-state index contributed by atoms with van der Waals surface area (Å²) in [6.45, 7) is 0.616. The molecule has 2 aromatic heterocycles. The van der Waals surface area contributed by atoms with E-state index in [1.807, 2.05) is 35.7 Å². The molecule has 0 bridgehead atoms. The maximum atomic E-state index is 6.06. The molecule has 4 nitrogen and oxygen atoms in total. The Hall–Kier alpha value is -1.98. The van der Waals surface area contributed by atoms with Crippen molar-refractivity contribution < 1.29 is 0 Å². The summed E-state index contributed by atoms with van der Waals surface area (Å²) in [5.74, 6) is 1.30. The van der Waals surface area contributed by atoms with Crippen LogP contribution in [0.15, 0.2) is 47.3 Å². The van der Waals surface area contributed by atoms with Gasteiger partial charge in [-0.2, -0.15) is 0 Å². The van der Waals surface area contributed by atoms with Crippen molar-refractivity contribution in [2.24, 2.45) is 0 Å². The Bertz CT molecular complexity index is 686. The molecule has 0 aliphatic rings. The molecule has 6 heteroatoms. The summed E-state index contributed by atoms with van der Waals surface area (Å²) in [4.78, 5) is 12.9. The van der Waals surface area contributed by atoms with Crippen molar-refractivity contribution >= 4 is 28.8 Å². The van der Waals surface area contributed by atoms with Gasteiger partial charge in [-0.1, -0.05) is 41.9 Å². The monoisotopic (exact) mass is 302 g/mol. The third kappa shape index (κ3) is 3.12. The highest BCUT2D eigenvalue weighted by Gasteiger charge is 2.05. The number of nitrogens with one attached hydrogen (secondary N) is 1. The van der Waals surface area contributed by atoms with Gasteiger partial charge < -0.3 is 5.32 Å². The molecule has 0 atom stereocenters. The maximum absolute atomic E-state index is 6.06. The topological polar surface area (TPSA) is 50.7 Å². The maximum Gasteiger partial charge on any atom is 0.163 e. The van der Waals surface area contributed by atoms with Gasteiger partial charge in [0.2, 0.25) is 0 Å². The molecule has 0 amide bonds. The first-order chi connectivity index (χ1) is 9.81. The highest BCUT2D eigenvalue weighted by Crippen LogP contribution is 2.20. The summed E-state index contributed by atoms with van der Waals surface area (Å²) in [6, 6.07) is 11.5. The Kier molecular flexibility index (Phi) is 3.90. The lowest BCUT2D eigenvalue weighted by atomic mass is 10.2. The Balaban J connectivity index is 1.83. The van der Waals surface area contributed by atoms with E-state index in [1.54, 1.807) is 22.9 Å². The van der Waals surface area contributed by atoms with Crippen LogP contribution in [0.4, 0.5) is 5.82 Å². The Labute approximate surface area is 125 Å². The molecule has 0 spiro atoms. The lowest BCUT2D eigenvalue weighted by molar-refractivity contribution is 1.04. The fourth-order valence-electron chi connectivity index (χ4n) is 1.73. The number of rotatable bonds is 4. The van der Waals surface area contributed by atoms with Gasteiger partial charge in [0.05, 0.1) is 17.7 Å². The Morgan fingerprint density at radius 2 is 2.00 bits per heavy atom. The molecule has 0 saturated heterocycles. The van der Waals surface area contributed by atoms with Crippen LogP contribution < -0.4 is 5.32 Å². The van der Waals surface area contributed by atoms with E-state index in [1.165, 1.54) is 0 Å². The van der Waals surface area contributed by atoms with Gasteiger partial charge in [0, 0.05) is 17.0 Å². The number of benzene rings is 1. The Morgan fingerprint density at radius 1 is 1.15 bits per heavy atom. The third-order valence-corrected chi connectivity index (χ3v) is 3.49. The number of anilines is 1. The molecule has 0 unspecified atom stereocenters. The van der Waals surface area contributed by atoms with Crippen molar-refractivity contribution in [2.75, 3.05) is 5.32 Å². The van der Waals surface area contributed by atoms with Crippen molar-refractivity contribution in [1.29, 1.82) is 0 Å². The number of halogens is 1. The minimum atomic E-state index is 0.416. The molecule has 3 aromatic rings. The molecule has 0 saturated carbocycles. The summed E-state index contributed by atoms with van der Waals surface area (Å²) in [6.07, 6.45) is 0. The van der Waals surface area contributed by atoms with Gasteiger partial charge in [-0.05, 0) is 0 Å². The van der Waals surface area contributed by atoms with Gasteiger partial charge in [0.15, 0.2) is 5.82 Å². The van der Waals surface area contributed by atoms with Gasteiger partial charge in [-0.15, -0.1) is 11.3 Å². The second-order valence-electron chi connectivity index (χ2n) is 4.10. The van der Waals surface area contributed by atoms with Crippen LogP contribution in [-0.4, -0.2) is 15.0 Å². The fourth-order valence-corrected chi connectivity index (χ4v) is 2.47. The standard InChI is InChI=1S/C14H11ClN4S/c15-12-6-13(16-7-11-8-20-9-17-11)19-14(18-12)10-4-2-1-3-5-10/h1-6,8-9H,7H2,(H,16,18,19).